The van der Waals surface area contributed by atoms with Crippen molar-refractivity contribution in [1.29, 1.82) is 0 Å². The number of aromatic nitrogens is 2. The summed E-state index contributed by atoms with van der Waals surface area (Å²) in [6.07, 6.45) is 4.70. The van der Waals surface area contributed by atoms with Crippen molar-refractivity contribution >= 4 is 17.9 Å². The molecule has 0 radical (unpaired) electrons. The molecule has 0 spiro atoms. The van der Waals surface area contributed by atoms with Crippen molar-refractivity contribution in [1.82, 2.24) is 9.55 Å². The summed E-state index contributed by atoms with van der Waals surface area (Å²) in [6.45, 7) is 0. The third kappa shape index (κ3) is 2.25. The fourth-order valence-corrected chi connectivity index (χ4v) is 1.43. The molecule has 0 saturated heterocycles. The molecule has 1 aromatic heterocycles. The monoisotopic (exact) mass is 220 g/mol. The highest BCUT2D eigenvalue weighted by Gasteiger charge is 1.99. The van der Waals surface area contributed by atoms with E-state index >= 15 is 0 Å². The molecule has 0 amide bonds. The van der Waals surface area contributed by atoms with Crippen molar-refractivity contribution in [2.24, 2.45) is 0 Å². The van der Waals surface area contributed by atoms with E-state index < -0.39 is 0 Å². The number of carbonyl (C=O) groups excluding carboxylic acids is 1. The summed E-state index contributed by atoms with van der Waals surface area (Å²) in [7, 11) is 0. The Morgan fingerprint density at radius 1 is 1.33 bits per heavy atom. The van der Waals surface area contributed by atoms with Crippen LogP contribution in [0.4, 0.5) is 0 Å². The van der Waals surface area contributed by atoms with Gasteiger partial charge in [0.15, 0.2) is 0 Å². The van der Waals surface area contributed by atoms with Crippen LogP contribution < -0.4 is 0 Å². The number of hydrogen-bond donors (Lipinski definition) is 0. The van der Waals surface area contributed by atoms with Gasteiger partial charge >= 0.3 is 0 Å². The molecule has 4 heteroatoms. The smallest absolute Gasteiger partial charge is 0.125 e. The molecule has 2 rings (SSSR count). The highest BCUT2D eigenvalue weighted by molar-refractivity contribution is 6.30. The highest BCUT2D eigenvalue weighted by atomic mass is 35.5. The van der Waals surface area contributed by atoms with Gasteiger partial charge in [-0.2, -0.15) is 0 Å². The van der Waals surface area contributed by atoms with E-state index in [0.29, 0.717) is 11.4 Å². The summed E-state index contributed by atoms with van der Waals surface area (Å²) in [5.41, 5.74) is 1.74. The van der Waals surface area contributed by atoms with E-state index in [-0.39, 0.29) is 0 Å². The second-order valence-electron chi connectivity index (χ2n) is 3.12. The van der Waals surface area contributed by atoms with E-state index in [9.17, 15) is 4.79 Å². The van der Waals surface area contributed by atoms with Crippen molar-refractivity contribution in [3.8, 4) is 5.69 Å². The Hall–Kier alpha value is -1.61. The molecule has 2 aromatic rings. The van der Waals surface area contributed by atoms with Crippen molar-refractivity contribution in [3.63, 3.8) is 0 Å². The van der Waals surface area contributed by atoms with Crippen molar-refractivity contribution in [2.45, 2.75) is 6.42 Å². The average molecular weight is 221 g/mol. The first-order valence-electron chi connectivity index (χ1n) is 4.52. The molecular formula is C11H9ClN2O. The molecule has 3 nitrogen and oxygen atoms in total. The molecule has 1 aromatic carbocycles. The zero-order chi connectivity index (χ0) is 10.7. The molecule has 0 fully saturated rings. The van der Waals surface area contributed by atoms with E-state index in [1.54, 1.807) is 6.33 Å². The van der Waals surface area contributed by atoms with Gasteiger partial charge in [0.1, 0.15) is 6.29 Å². The lowest BCUT2D eigenvalue weighted by atomic mass is 10.3. The van der Waals surface area contributed by atoms with Gasteiger partial charge in [0, 0.05) is 23.3 Å². The van der Waals surface area contributed by atoms with Gasteiger partial charge in [-0.1, -0.05) is 11.6 Å². The largest absolute Gasteiger partial charge is 0.306 e. The second kappa shape index (κ2) is 4.28. The Labute approximate surface area is 92.3 Å². The number of rotatable bonds is 3. The van der Waals surface area contributed by atoms with Crippen LogP contribution in [0.2, 0.25) is 5.02 Å². The standard InChI is InChI=1S/C11H9ClN2O/c12-9-1-3-11(4-2-9)14-7-10(5-6-15)13-8-14/h1-4,6-8H,5H2. The molecule has 1 heterocycles. The number of imidazole rings is 1. The fraction of sp³-hybridized carbons (Fsp3) is 0.0909. The maximum Gasteiger partial charge on any atom is 0.125 e. The third-order valence-electron chi connectivity index (χ3n) is 2.05. The van der Waals surface area contributed by atoms with E-state index in [0.717, 1.165) is 17.7 Å². The minimum Gasteiger partial charge on any atom is -0.306 e. The number of aldehydes is 1. The molecule has 0 aliphatic rings. The summed E-state index contributed by atoms with van der Waals surface area (Å²) in [5.74, 6) is 0. The summed E-state index contributed by atoms with van der Waals surface area (Å²) < 4.78 is 1.86. The molecule has 0 unspecified atom stereocenters. The van der Waals surface area contributed by atoms with E-state index in [2.05, 4.69) is 4.98 Å². The van der Waals surface area contributed by atoms with Gasteiger partial charge in [0.25, 0.3) is 0 Å². The Balaban J connectivity index is 2.28. The Morgan fingerprint density at radius 2 is 2.07 bits per heavy atom. The number of carbonyl (C=O) groups is 1. The molecule has 76 valence electrons. The predicted molar refractivity (Wildman–Crippen MR) is 58.3 cm³/mol. The Kier molecular flexibility index (Phi) is 2.83. The second-order valence-corrected chi connectivity index (χ2v) is 3.56. The van der Waals surface area contributed by atoms with Crippen LogP contribution in [0.25, 0.3) is 5.69 Å². The molecule has 0 N–H and O–H groups in total. The minimum atomic E-state index is 0.348. The van der Waals surface area contributed by atoms with Crippen LogP contribution in [0, 0.1) is 0 Å². The zero-order valence-corrected chi connectivity index (χ0v) is 8.69. The third-order valence-corrected chi connectivity index (χ3v) is 2.31. The van der Waals surface area contributed by atoms with Crippen LogP contribution in [0.15, 0.2) is 36.8 Å². The summed E-state index contributed by atoms with van der Waals surface area (Å²) in [5, 5.41) is 0.701. The fourth-order valence-electron chi connectivity index (χ4n) is 1.31. The topological polar surface area (TPSA) is 34.9 Å². The summed E-state index contributed by atoms with van der Waals surface area (Å²) >= 11 is 5.78. The Bertz CT molecular complexity index is 462. The van der Waals surface area contributed by atoms with Gasteiger partial charge in [-0.15, -0.1) is 0 Å². The van der Waals surface area contributed by atoms with Crippen molar-refractivity contribution in [2.75, 3.05) is 0 Å². The van der Waals surface area contributed by atoms with Crippen LogP contribution in [0.1, 0.15) is 5.69 Å². The van der Waals surface area contributed by atoms with Crippen LogP contribution in [-0.4, -0.2) is 15.8 Å². The van der Waals surface area contributed by atoms with Gasteiger partial charge in [0.05, 0.1) is 12.0 Å². The average Bonchev–Trinajstić information content (AvgIpc) is 2.68. The molecule has 0 saturated carbocycles. The lowest BCUT2D eigenvalue weighted by molar-refractivity contribution is -0.107. The molecule has 0 aliphatic heterocycles. The Morgan fingerprint density at radius 3 is 2.73 bits per heavy atom. The summed E-state index contributed by atoms with van der Waals surface area (Å²) in [6, 6.07) is 7.43. The van der Waals surface area contributed by atoms with E-state index in [1.807, 2.05) is 35.0 Å². The van der Waals surface area contributed by atoms with Gasteiger partial charge < -0.3 is 9.36 Å². The maximum absolute atomic E-state index is 10.3. The SMILES string of the molecule is O=CCc1cn(-c2ccc(Cl)cc2)cn1. The molecule has 15 heavy (non-hydrogen) atoms. The number of nitrogens with zero attached hydrogens (tertiary/aromatic N) is 2. The minimum absolute atomic E-state index is 0.348. The van der Waals surface area contributed by atoms with Gasteiger partial charge in [0.2, 0.25) is 0 Å². The first kappa shape index (κ1) is 9.93. The van der Waals surface area contributed by atoms with E-state index in [1.165, 1.54) is 0 Å². The van der Waals surface area contributed by atoms with Crippen LogP contribution in [0.3, 0.4) is 0 Å². The van der Waals surface area contributed by atoms with Crippen molar-refractivity contribution in [3.05, 3.63) is 47.5 Å². The first-order chi connectivity index (χ1) is 7.29. The lowest BCUT2D eigenvalue weighted by Gasteiger charge is -2.00. The van der Waals surface area contributed by atoms with Gasteiger partial charge in [-0.05, 0) is 24.3 Å². The normalized spacial score (nSPS) is 10.2. The summed E-state index contributed by atoms with van der Waals surface area (Å²) in [4.78, 5) is 14.4. The van der Waals surface area contributed by atoms with Crippen LogP contribution >= 0.6 is 11.6 Å². The highest BCUT2D eigenvalue weighted by Crippen LogP contribution is 2.13. The maximum atomic E-state index is 10.3. The quantitative estimate of drug-likeness (QED) is 0.744. The molecular weight excluding hydrogens is 212 g/mol. The van der Waals surface area contributed by atoms with E-state index in [4.69, 9.17) is 11.6 Å². The first-order valence-corrected chi connectivity index (χ1v) is 4.90. The lowest BCUT2D eigenvalue weighted by Crippen LogP contribution is -1.89. The van der Waals surface area contributed by atoms with Gasteiger partial charge in [-0.25, -0.2) is 4.98 Å². The van der Waals surface area contributed by atoms with Crippen LogP contribution in [0.5, 0.6) is 0 Å². The molecule has 0 aliphatic carbocycles. The predicted octanol–water partition coefficient (Wildman–Crippen LogP) is 2.27. The molecule has 0 bridgehead atoms. The number of benzene rings is 1. The zero-order valence-electron chi connectivity index (χ0n) is 7.93. The van der Waals surface area contributed by atoms with Gasteiger partial charge in [-0.3, -0.25) is 0 Å². The van der Waals surface area contributed by atoms with Crippen LogP contribution in [-0.2, 0) is 11.2 Å². The number of hydrogen-bond acceptors (Lipinski definition) is 2. The number of halogens is 1. The van der Waals surface area contributed by atoms with Crippen molar-refractivity contribution < 1.29 is 4.79 Å². The molecule has 0 atom stereocenters.